The highest BCUT2D eigenvalue weighted by molar-refractivity contribution is 9.10. The number of halogens is 4. The van der Waals surface area contributed by atoms with Crippen molar-refractivity contribution < 1.29 is 37.1 Å². The maximum atomic E-state index is 12.7. The number of benzene rings is 1. The highest BCUT2D eigenvalue weighted by atomic mass is 79.9. The number of nitro benzene ring substituents is 1. The van der Waals surface area contributed by atoms with Gasteiger partial charge in [0.15, 0.2) is 0 Å². The van der Waals surface area contributed by atoms with E-state index in [9.17, 15) is 33.3 Å². The van der Waals surface area contributed by atoms with E-state index in [1.807, 2.05) is 0 Å². The average molecular weight is 492 g/mol. The number of carbonyl (C=O) groups excluding carboxylic acids is 1. The minimum absolute atomic E-state index is 0.0222. The van der Waals surface area contributed by atoms with Crippen molar-refractivity contribution in [1.82, 2.24) is 0 Å². The molecule has 1 unspecified atom stereocenters. The molecule has 0 bridgehead atoms. The zero-order valence-corrected chi connectivity index (χ0v) is 17.0. The van der Waals surface area contributed by atoms with E-state index in [0.717, 1.165) is 12.1 Å². The summed E-state index contributed by atoms with van der Waals surface area (Å²) in [7, 11) is 0. The molecule has 0 aromatic heterocycles. The number of esters is 1. The van der Waals surface area contributed by atoms with E-state index in [2.05, 4.69) is 20.7 Å². The van der Waals surface area contributed by atoms with Crippen molar-refractivity contribution in [2.24, 2.45) is 5.73 Å². The second kappa shape index (κ2) is 8.62. The van der Waals surface area contributed by atoms with Crippen LogP contribution in [0, 0.1) is 21.4 Å². The van der Waals surface area contributed by atoms with Gasteiger partial charge in [-0.3, -0.25) is 10.1 Å². The first-order chi connectivity index (χ1) is 13.9. The summed E-state index contributed by atoms with van der Waals surface area (Å²) in [5, 5.41) is 20.9. The summed E-state index contributed by atoms with van der Waals surface area (Å²) in [6, 6.07) is 3.58. The van der Waals surface area contributed by atoms with E-state index in [0.29, 0.717) is 0 Å². The van der Waals surface area contributed by atoms with E-state index >= 15 is 0 Å². The second-order valence-electron chi connectivity index (χ2n) is 5.77. The molecule has 2 rings (SSSR count). The van der Waals surface area contributed by atoms with Gasteiger partial charge in [-0.15, -0.1) is 13.2 Å². The summed E-state index contributed by atoms with van der Waals surface area (Å²) in [6.07, 6.45) is -5.19. The molecule has 30 heavy (non-hydrogen) atoms. The second-order valence-corrected chi connectivity index (χ2v) is 6.63. The molecule has 0 saturated heterocycles. The number of alkyl halides is 3. The average Bonchev–Trinajstić information content (AvgIpc) is 2.61. The molecule has 160 valence electrons. The Hall–Kier alpha value is -3.27. The van der Waals surface area contributed by atoms with Gasteiger partial charge in [0.1, 0.15) is 17.4 Å². The summed E-state index contributed by atoms with van der Waals surface area (Å²) in [5.74, 6) is -3.63. The van der Waals surface area contributed by atoms with Crippen molar-refractivity contribution >= 4 is 27.6 Å². The van der Waals surface area contributed by atoms with E-state index in [1.54, 1.807) is 6.07 Å². The Morgan fingerprint density at radius 3 is 2.60 bits per heavy atom. The van der Waals surface area contributed by atoms with Crippen LogP contribution in [0.3, 0.4) is 0 Å². The Balaban J connectivity index is 2.77. The Morgan fingerprint density at radius 1 is 1.47 bits per heavy atom. The molecule has 0 saturated carbocycles. The van der Waals surface area contributed by atoms with Crippen LogP contribution < -0.4 is 10.5 Å². The van der Waals surface area contributed by atoms with Gasteiger partial charge in [0.2, 0.25) is 11.6 Å². The van der Waals surface area contributed by atoms with Gasteiger partial charge in [-0.05, 0) is 41.4 Å². The van der Waals surface area contributed by atoms with Gasteiger partial charge >= 0.3 is 18.0 Å². The Labute approximate surface area is 175 Å². The van der Waals surface area contributed by atoms with Crippen molar-refractivity contribution in [2.75, 3.05) is 6.61 Å². The number of nitro groups is 1. The third-order valence-electron chi connectivity index (χ3n) is 3.90. The molecule has 1 aromatic carbocycles. The van der Waals surface area contributed by atoms with Crippen molar-refractivity contribution in [3.63, 3.8) is 0 Å². The van der Waals surface area contributed by atoms with E-state index in [4.69, 9.17) is 15.2 Å². The number of allylic oxidation sites excluding steroid dienone is 2. The van der Waals surface area contributed by atoms with E-state index in [1.165, 1.54) is 13.8 Å². The number of nitriles is 1. The smallest absolute Gasteiger partial charge is 0.463 e. The molecule has 1 aliphatic rings. The van der Waals surface area contributed by atoms with Gasteiger partial charge in [0, 0.05) is 6.07 Å². The molecule has 1 atom stereocenters. The number of hydrogen-bond donors (Lipinski definition) is 1. The van der Waals surface area contributed by atoms with E-state index in [-0.39, 0.29) is 35.0 Å². The van der Waals surface area contributed by atoms with Gasteiger partial charge < -0.3 is 19.9 Å². The summed E-state index contributed by atoms with van der Waals surface area (Å²) in [5.41, 5.74) is 4.16. The first kappa shape index (κ1) is 23.0. The topological polar surface area (TPSA) is 138 Å². The predicted molar refractivity (Wildman–Crippen MR) is 97.5 cm³/mol. The largest absolute Gasteiger partial charge is 0.573 e. The lowest BCUT2D eigenvalue weighted by molar-refractivity contribution is -0.388. The maximum absolute atomic E-state index is 12.7. The normalized spacial score (nSPS) is 16.6. The maximum Gasteiger partial charge on any atom is 0.573 e. The Bertz CT molecular complexity index is 1010. The number of carbonyl (C=O) groups is 1. The van der Waals surface area contributed by atoms with Gasteiger partial charge in [-0.2, -0.15) is 5.26 Å². The lowest BCUT2D eigenvalue weighted by Crippen LogP contribution is -2.25. The molecular weight excluding hydrogens is 479 g/mol. The van der Waals surface area contributed by atoms with Crippen molar-refractivity contribution in [3.8, 4) is 11.8 Å². The molecule has 0 fully saturated rings. The van der Waals surface area contributed by atoms with Crippen LogP contribution in [0.5, 0.6) is 5.75 Å². The van der Waals surface area contributed by atoms with Crippen LogP contribution >= 0.6 is 15.9 Å². The van der Waals surface area contributed by atoms with Crippen LogP contribution in [-0.2, 0) is 14.3 Å². The van der Waals surface area contributed by atoms with Crippen LogP contribution in [0.25, 0.3) is 0 Å². The predicted octanol–water partition coefficient (Wildman–Crippen LogP) is 3.90. The number of ether oxygens (including phenoxy) is 3. The minimum Gasteiger partial charge on any atom is -0.463 e. The highest BCUT2D eigenvalue weighted by Gasteiger charge is 2.40. The molecular formula is C17H13BrF3N3O6. The molecule has 1 heterocycles. The molecule has 9 nitrogen and oxygen atoms in total. The first-order valence-corrected chi connectivity index (χ1v) is 8.89. The Kier molecular flexibility index (Phi) is 6.61. The lowest BCUT2D eigenvalue weighted by atomic mass is 9.83. The number of hydrogen-bond acceptors (Lipinski definition) is 8. The number of nitrogens with zero attached hydrogens (tertiary/aromatic N) is 2. The third kappa shape index (κ3) is 4.65. The van der Waals surface area contributed by atoms with Crippen LogP contribution in [0.15, 0.2) is 39.4 Å². The molecule has 1 aliphatic heterocycles. The zero-order valence-electron chi connectivity index (χ0n) is 15.4. The molecule has 0 radical (unpaired) electrons. The standard InChI is InChI=1S/C17H13BrF3N3O6/c1-3-28-16(25)12-7(2)29-15(23)9(6-22)13(12)8-4-10(18)14(30-17(19,20)21)11(5-8)24(26)27/h4-5,13H,3,23H2,1-2H3. The van der Waals surface area contributed by atoms with Crippen LogP contribution in [0.2, 0.25) is 0 Å². The van der Waals surface area contributed by atoms with Gasteiger partial charge in [0.25, 0.3) is 0 Å². The lowest BCUT2D eigenvalue weighted by Gasteiger charge is -2.27. The Morgan fingerprint density at radius 2 is 2.10 bits per heavy atom. The van der Waals surface area contributed by atoms with Gasteiger partial charge in [0.05, 0.1) is 27.5 Å². The van der Waals surface area contributed by atoms with Crippen LogP contribution in [0.4, 0.5) is 18.9 Å². The molecule has 0 aliphatic carbocycles. The fraction of sp³-hybridized carbons (Fsp3) is 0.294. The SMILES string of the molecule is CCOC(=O)C1=C(C)OC(N)=C(C#N)C1c1cc(Br)c(OC(F)(F)F)c([N+](=O)[O-])c1. The fourth-order valence-corrected chi connectivity index (χ4v) is 3.35. The quantitative estimate of drug-likeness (QED) is 0.371. The molecule has 2 N–H and O–H groups in total. The summed E-state index contributed by atoms with van der Waals surface area (Å²) in [4.78, 5) is 22.8. The third-order valence-corrected chi connectivity index (χ3v) is 4.48. The summed E-state index contributed by atoms with van der Waals surface area (Å²) >= 11 is 2.82. The molecule has 1 aromatic rings. The first-order valence-electron chi connectivity index (χ1n) is 8.10. The number of nitrogens with two attached hydrogens (primary N) is 1. The highest BCUT2D eigenvalue weighted by Crippen LogP contribution is 2.45. The summed E-state index contributed by atoms with van der Waals surface area (Å²) < 4.78 is 51.5. The minimum atomic E-state index is -5.19. The van der Waals surface area contributed by atoms with Crippen LogP contribution in [0.1, 0.15) is 25.3 Å². The summed E-state index contributed by atoms with van der Waals surface area (Å²) in [6.45, 7) is 2.88. The molecule has 0 spiro atoms. The molecule has 0 amide bonds. The van der Waals surface area contributed by atoms with Crippen molar-refractivity contribution in [2.45, 2.75) is 26.1 Å². The van der Waals surface area contributed by atoms with Gasteiger partial charge in [-0.1, -0.05) is 0 Å². The molecule has 13 heteroatoms. The fourth-order valence-electron chi connectivity index (χ4n) is 2.81. The monoisotopic (exact) mass is 491 g/mol. The zero-order chi connectivity index (χ0) is 22.8. The van der Waals surface area contributed by atoms with Crippen molar-refractivity contribution in [3.05, 3.63) is 55.1 Å². The van der Waals surface area contributed by atoms with Crippen molar-refractivity contribution in [1.29, 1.82) is 5.26 Å². The van der Waals surface area contributed by atoms with E-state index < -0.39 is 39.1 Å². The van der Waals surface area contributed by atoms with Gasteiger partial charge in [-0.25, -0.2) is 4.79 Å². The van der Waals surface area contributed by atoms with Crippen LogP contribution in [-0.4, -0.2) is 23.9 Å². The number of rotatable bonds is 5.